The number of ether oxygens (including phenoxy) is 2. The Labute approximate surface area is 118 Å². The third kappa shape index (κ3) is 3.30. The first-order valence-corrected chi connectivity index (χ1v) is 6.52. The van der Waals surface area contributed by atoms with Crippen LogP contribution in [0.15, 0.2) is 22.8 Å². The van der Waals surface area contributed by atoms with Crippen LogP contribution >= 0.6 is 15.9 Å². The number of pyridine rings is 1. The van der Waals surface area contributed by atoms with Gasteiger partial charge in [-0.1, -0.05) is 6.07 Å². The van der Waals surface area contributed by atoms with Gasteiger partial charge in [0.15, 0.2) is 6.10 Å². The van der Waals surface area contributed by atoms with E-state index in [9.17, 15) is 9.59 Å². The van der Waals surface area contributed by atoms with Crippen molar-refractivity contribution in [2.45, 2.75) is 6.10 Å². The van der Waals surface area contributed by atoms with Gasteiger partial charge in [-0.15, -0.1) is 0 Å². The van der Waals surface area contributed by atoms with Gasteiger partial charge in [0, 0.05) is 6.54 Å². The van der Waals surface area contributed by atoms with Crippen molar-refractivity contribution in [2.75, 3.05) is 26.8 Å². The van der Waals surface area contributed by atoms with Crippen LogP contribution in [0.4, 0.5) is 0 Å². The number of nitrogens with zero attached hydrogens (tertiary/aromatic N) is 2. The monoisotopic (exact) mass is 328 g/mol. The van der Waals surface area contributed by atoms with E-state index in [0.717, 1.165) is 0 Å². The third-order valence-corrected chi connectivity index (χ3v) is 3.19. The summed E-state index contributed by atoms with van der Waals surface area (Å²) in [6.45, 7) is 0.916. The van der Waals surface area contributed by atoms with Crippen molar-refractivity contribution in [1.82, 2.24) is 9.88 Å². The molecule has 0 spiro atoms. The van der Waals surface area contributed by atoms with E-state index in [1.807, 2.05) is 0 Å². The summed E-state index contributed by atoms with van der Waals surface area (Å²) >= 11 is 3.22. The van der Waals surface area contributed by atoms with Gasteiger partial charge in [-0.3, -0.25) is 4.79 Å². The van der Waals surface area contributed by atoms with E-state index in [1.54, 1.807) is 23.1 Å². The Morgan fingerprint density at radius 2 is 2.32 bits per heavy atom. The summed E-state index contributed by atoms with van der Waals surface area (Å²) in [6.07, 6.45) is -0.727. The Bertz CT molecular complexity index is 494. The lowest BCUT2D eigenvalue weighted by molar-refractivity contribution is -0.158. The zero-order valence-electron chi connectivity index (χ0n) is 10.3. The maximum Gasteiger partial charge on any atom is 0.336 e. The van der Waals surface area contributed by atoms with Crippen LogP contribution in [-0.4, -0.2) is 54.7 Å². The highest BCUT2D eigenvalue weighted by molar-refractivity contribution is 9.10. The number of carbonyl (C=O) groups excluding carboxylic acids is 2. The number of halogens is 1. The molecule has 0 aromatic carbocycles. The van der Waals surface area contributed by atoms with Crippen LogP contribution in [0, 0.1) is 0 Å². The first-order valence-electron chi connectivity index (χ1n) is 5.73. The largest absolute Gasteiger partial charge is 0.467 e. The molecule has 0 saturated carbocycles. The Morgan fingerprint density at radius 3 is 3.00 bits per heavy atom. The van der Waals surface area contributed by atoms with Gasteiger partial charge in [0.05, 0.1) is 20.3 Å². The average Bonchev–Trinajstić information content (AvgIpc) is 2.45. The van der Waals surface area contributed by atoms with Gasteiger partial charge in [0.2, 0.25) is 0 Å². The summed E-state index contributed by atoms with van der Waals surface area (Å²) in [5.41, 5.74) is 0.333. The van der Waals surface area contributed by atoms with Crippen molar-refractivity contribution in [3.63, 3.8) is 0 Å². The normalized spacial score (nSPS) is 19.1. The molecule has 1 saturated heterocycles. The van der Waals surface area contributed by atoms with Crippen LogP contribution in [0.1, 0.15) is 10.5 Å². The molecule has 19 heavy (non-hydrogen) atoms. The predicted octanol–water partition coefficient (Wildman–Crippen LogP) is 0.858. The highest BCUT2D eigenvalue weighted by Crippen LogP contribution is 2.12. The van der Waals surface area contributed by atoms with Gasteiger partial charge in [-0.25, -0.2) is 9.78 Å². The Kier molecular flexibility index (Phi) is 4.49. The average molecular weight is 329 g/mol. The van der Waals surface area contributed by atoms with Crippen LogP contribution in [0.3, 0.4) is 0 Å². The van der Waals surface area contributed by atoms with Gasteiger partial charge in [-0.2, -0.15) is 0 Å². The number of hydrogen-bond donors (Lipinski definition) is 0. The minimum Gasteiger partial charge on any atom is -0.467 e. The fourth-order valence-corrected chi connectivity index (χ4v) is 2.14. The van der Waals surface area contributed by atoms with Crippen LogP contribution < -0.4 is 0 Å². The Hall–Kier alpha value is -1.47. The number of hydrogen-bond acceptors (Lipinski definition) is 5. The molecule has 0 radical (unpaired) electrons. The Morgan fingerprint density at radius 1 is 1.53 bits per heavy atom. The fraction of sp³-hybridized carbons (Fsp3) is 0.417. The maximum atomic E-state index is 12.2. The smallest absolute Gasteiger partial charge is 0.336 e. The van der Waals surface area contributed by atoms with Gasteiger partial charge in [-0.05, 0) is 28.1 Å². The molecule has 0 N–H and O–H groups in total. The van der Waals surface area contributed by atoms with Gasteiger partial charge < -0.3 is 14.4 Å². The molecule has 1 aliphatic heterocycles. The van der Waals surface area contributed by atoms with E-state index < -0.39 is 12.1 Å². The number of amides is 1. The number of esters is 1. The lowest BCUT2D eigenvalue weighted by Crippen LogP contribution is -2.49. The number of methoxy groups -OCH3 is 1. The Balaban J connectivity index is 2.09. The standard InChI is InChI=1S/C12H13BrN2O4/c1-18-12(17)9-7-15(5-6-19-9)11(16)8-3-2-4-10(13)14-8/h2-4,9H,5-7H2,1H3. The second kappa shape index (κ2) is 6.12. The fourth-order valence-electron chi connectivity index (χ4n) is 1.80. The van der Waals surface area contributed by atoms with Gasteiger partial charge in [0.1, 0.15) is 10.3 Å². The minimum absolute atomic E-state index is 0.180. The van der Waals surface area contributed by atoms with Crippen molar-refractivity contribution in [2.24, 2.45) is 0 Å². The second-order valence-electron chi connectivity index (χ2n) is 3.98. The first-order chi connectivity index (χ1) is 9.11. The number of morpholine rings is 1. The molecule has 6 nitrogen and oxygen atoms in total. The number of rotatable bonds is 2. The second-order valence-corrected chi connectivity index (χ2v) is 4.79. The summed E-state index contributed by atoms with van der Waals surface area (Å²) in [4.78, 5) is 29.3. The van der Waals surface area contributed by atoms with Crippen LogP contribution in [0.25, 0.3) is 0 Å². The van der Waals surface area contributed by atoms with E-state index in [-0.39, 0.29) is 12.5 Å². The molecule has 0 aliphatic carbocycles. The zero-order chi connectivity index (χ0) is 13.8. The molecule has 1 aromatic heterocycles. The predicted molar refractivity (Wildman–Crippen MR) is 69.6 cm³/mol. The summed E-state index contributed by atoms with van der Waals surface area (Å²) in [5.74, 6) is -0.696. The molecule has 102 valence electrons. The first kappa shape index (κ1) is 14.0. The third-order valence-electron chi connectivity index (χ3n) is 2.75. The SMILES string of the molecule is COC(=O)C1CN(C(=O)c2cccc(Br)n2)CCO1. The van der Waals surface area contributed by atoms with Crippen molar-refractivity contribution < 1.29 is 19.1 Å². The van der Waals surface area contributed by atoms with Crippen LogP contribution in [0.5, 0.6) is 0 Å². The van der Waals surface area contributed by atoms with Crippen molar-refractivity contribution in [1.29, 1.82) is 0 Å². The van der Waals surface area contributed by atoms with E-state index in [0.29, 0.717) is 23.4 Å². The molecule has 7 heteroatoms. The maximum absolute atomic E-state index is 12.2. The minimum atomic E-state index is -0.727. The summed E-state index contributed by atoms with van der Waals surface area (Å²) in [6, 6.07) is 5.12. The summed E-state index contributed by atoms with van der Waals surface area (Å²) < 4.78 is 10.5. The molecule has 1 aliphatic rings. The lowest BCUT2D eigenvalue weighted by atomic mass is 10.2. The quantitative estimate of drug-likeness (QED) is 0.595. The highest BCUT2D eigenvalue weighted by atomic mass is 79.9. The van der Waals surface area contributed by atoms with E-state index >= 15 is 0 Å². The summed E-state index contributed by atoms with van der Waals surface area (Å²) in [7, 11) is 1.29. The van der Waals surface area contributed by atoms with Crippen molar-refractivity contribution >= 4 is 27.8 Å². The highest BCUT2D eigenvalue weighted by Gasteiger charge is 2.30. The lowest BCUT2D eigenvalue weighted by Gasteiger charge is -2.31. The topological polar surface area (TPSA) is 68.7 Å². The van der Waals surface area contributed by atoms with Crippen molar-refractivity contribution in [3.8, 4) is 0 Å². The number of aromatic nitrogens is 1. The van der Waals surface area contributed by atoms with E-state index in [4.69, 9.17) is 4.74 Å². The molecule has 2 heterocycles. The zero-order valence-corrected chi connectivity index (χ0v) is 11.9. The molecule has 1 atom stereocenters. The molecule has 1 aromatic rings. The summed E-state index contributed by atoms with van der Waals surface area (Å²) in [5, 5.41) is 0. The molecular formula is C12H13BrN2O4. The molecule has 1 fully saturated rings. The van der Waals surface area contributed by atoms with E-state index in [2.05, 4.69) is 25.7 Å². The molecule has 1 amide bonds. The van der Waals surface area contributed by atoms with Crippen LogP contribution in [-0.2, 0) is 14.3 Å². The van der Waals surface area contributed by atoms with Gasteiger partial charge >= 0.3 is 5.97 Å². The molecule has 2 rings (SSSR count). The molecular weight excluding hydrogens is 316 g/mol. The number of carbonyl (C=O) groups is 2. The van der Waals surface area contributed by atoms with Gasteiger partial charge in [0.25, 0.3) is 5.91 Å². The van der Waals surface area contributed by atoms with Crippen LogP contribution in [0.2, 0.25) is 0 Å². The molecule has 1 unspecified atom stereocenters. The molecule has 0 bridgehead atoms. The van der Waals surface area contributed by atoms with Crippen molar-refractivity contribution in [3.05, 3.63) is 28.5 Å². The van der Waals surface area contributed by atoms with E-state index in [1.165, 1.54) is 7.11 Å².